The number of nitrogens with one attached hydrogen (secondary N) is 1. The van der Waals surface area contributed by atoms with Crippen molar-refractivity contribution in [3.05, 3.63) is 59.7 Å². The summed E-state index contributed by atoms with van der Waals surface area (Å²) >= 11 is 0. The quantitative estimate of drug-likeness (QED) is 0.845. The van der Waals surface area contributed by atoms with Gasteiger partial charge < -0.3 is 15.3 Å². The number of hydrogen-bond donors (Lipinski definition) is 2. The molecular formula is C21H23N3O2. The largest absolute Gasteiger partial charge is 0.508 e. The van der Waals surface area contributed by atoms with Crippen molar-refractivity contribution >= 4 is 11.7 Å². The molecular weight excluding hydrogens is 326 g/mol. The Bertz CT molecular complexity index is 807. The molecule has 26 heavy (non-hydrogen) atoms. The first-order valence-electron chi connectivity index (χ1n) is 9.02. The molecule has 0 saturated heterocycles. The van der Waals surface area contributed by atoms with Gasteiger partial charge in [0.15, 0.2) is 0 Å². The zero-order chi connectivity index (χ0) is 18.4. The molecule has 1 aliphatic rings. The predicted octanol–water partition coefficient (Wildman–Crippen LogP) is 4.63. The molecule has 2 amide bonds. The van der Waals surface area contributed by atoms with Gasteiger partial charge in [0.2, 0.25) is 0 Å². The first-order chi connectivity index (χ1) is 12.7. The Kier molecular flexibility index (Phi) is 5.75. The Balaban J connectivity index is 1.80. The Hall–Kier alpha value is -3.00. The number of carbonyl (C=O) groups is 1. The lowest BCUT2D eigenvalue weighted by molar-refractivity contribution is 0.162. The second-order valence-corrected chi connectivity index (χ2v) is 6.67. The summed E-state index contributed by atoms with van der Waals surface area (Å²) in [5.74, 6) is 0.201. The highest BCUT2D eigenvalue weighted by Crippen LogP contribution is 2.27. The van der Waals surface area contributed by atoms with Crippen molar-refractivity contribution < 1.29 is 9.90 Å². The summed E-state index contributed by atoms with van der Waals surface area (Å²) < 4.78 is 0. The van der Waals surface area contributed by atoms with E-state index in [9.17, 15) is 9.90 Å². The second kappa shape index (κ2) is 8.39. The number of aromatic hydroxyl groups is 1. The molecule has 0 aliphatic heterocycles. The van der Waals surface area contributed by atoms with Crippen LogP contribution in [0.25, 0.3) is 0 Å². The van der Waals surface area contributed by atoms with Gasteiger partial charge in [-0.15, -0.1) is 0 Å². The van der Waals surface area contributed by atoms with Gasteiger partial charge in [-0.2, -0.15) is 5.26 Å². The molecule has 3 rings (SSSR count). The van der Waals surface area contributed by atoms with Gasteiger partial charge in [-0.1, -0.05) is 43.5 Å². The summed E-state index contributed by atoms with van der Waals surface area (Å²) in [6.07, 6.45) is 5.36. The predicted molar refractivity (Wildman–Crippen MR) is 101 cm³/mol. The normalized spacial score (nSPS) is 14.4. The van der Waals surface area contributed by atoms with Gasteiger partial charge in [0.05, 0.1) is 18.2 Å². The van der Waals surface area contributed by atoms with Crippen molar-refractivity contribution in [2.24, 2.45) is 0 Å². The first kappa shape index (κ1) is 17.8. The SMILES string of the molecule is N#Cc1cccc(NC(=O)N(Cc2ccccc2O)C2CCCCC2)c1. The molecule has 1 aliphatic carbocycles. The van der Waals surface area contributed by atoms with E-state index in [1.807, 2.05) is 17.0 Å². The molecule has 0 spiro atoms. The summed E-state index contributed by atoms with van der Waals surface area (Å²) in [4.78, 5) is 14.8. The molecule has 2 aromatic carbocycles. The minimum Gasteiger partial charge on any atom is -0.508 e. The number of rotatable bonds is 4. The fourth-order valence-corrected chi connectivity index (χ4v) is 3.45. The van der Waals surface area contributed by atoms with Crippen LogP contribution in [0.4, 0.5) is 10.5 Å². The molecule has 0 aromatic heterocycles. The molecule has 5 heteroatoms. The zero-order valence-electron chi connectivity index (χ0n) is 14.7. The van der Waals surface area contributed by atoms with E-state index in [0.717, 1.165) is 31.2 Å². The zero-order valence-corrected chi connectivity index (χ0v) is 14.7. The van der Waals surface area contributed by atoms with E-state index in [1.165, 1.54) is 6.42 Å². The molecule has 1 fully saturated rings. The number of phenolic OH excluding ortho intramolecular Hbond substituents is 1. The van der Waals surface area contributed by atoms with Gasteiger partial charge in [0, 0.05) is 17.3 Å². The number of phenols is 1. The molecule has 5 nitrogen and oxygen atoms in total. The maximum atomic E-state index is 13.0. The summed E-state index contributed by atoms with van der Waals surface area (Å²) in [6.45, 7) is 0.362. The summed E-state index contributed by atoms with van der Waals surface area (Å²) in [6, 6.07) is 16.1. The van der Waals surface area contributed by atoms with Crippen LogP contribution in [-0.4, -0.2) is 22.1 Å². The number of nitriles is 1. The lowest BCUT2D eigenvalue weighted by atomic mass is 9.94. The van der Waals surface area contributed by atoms with E-state index in [1.54, 1.807) is 36.4 Å². The van der Waals surface area contributed by atoms with Crippen LogP contribution in [0.2, 0.25) is 0 Å². The summed E-state index contributed by atoms with van der Waals surface area (Å²) in [5.41, 5.74) is 1.85. The van der Waals surface area contributed by atoms with Crippen LogP contribution >= 0.6 is 0 Å². The lowest BCUT2D eigenvalue weighted by Crippen LogP contribution is -2.43. The number of urea groups is 1. The number of anilines is 1. The number of nitrogens with zero attached hydrogens (tertiary/aromatic N) is 2. The number of benzene rings is 2. The van der Waals surface area contributed by atoms with Crippen LogP contribution in [0.1, 0.15) is 43.2 Å². The van der Waals surface area contributed by atoms with E-state index in [-0.39, 0.29) is 17.8 Å². The maximum absolute atomic E-state index is 13.0. The molecule has 0 atom stereocenters. The first-order valence-corrected chi connectivity index (χ1v) is 9.02. The highest BCUT2D eigenvalue weighted by Gasteiger charge is 2.26. The lowest BCUT2D eigenvalue weighted by Gasteiger charge is -2.34. The van der Waals surface area contributed by atoms with Crippen molar-refractivity contribution in [2.45, 2.75) is 44.7 Å². The summed E-state index contributed by atoms with van der Waals surface area (Å²) in [7, 11) is 0. The van der Waals surface area contributed by atoms with Crippen molar-refractivity contribution in [1.29, 1.82) is 5.26 Å². The average Bonchev–Trinajstić information content (AvgIpc) is 2.68. The van der Waals surface area contributed by atoms with Crippen LogP contribution in [0, 0.1) is 11.3 Å². The van der Waals surface area contributed by atoms with Crippen molar-refractivity contribution in [3.8, 4) is 11.8 Å². The maximum Gasteiger partial charge on any atom is 0.322 e. The number of carbonyl (C=O) groups excluding carboxylic acids is 1. The number of amides is 2. The van der Waals surface area contributed by atoms with E-state index in [4.69, 9.17) is 5.26 Å². The van der Waals surface area contributed by atoms with Crippen molar-refractivity contribution in [1.82, 2.24) is 4.90 Å². The Labute approximate surface area is 153 Å². The van der Waals surface area contributed by atoms with E-state index >= 15 is 0 Å². The fraction of sp³-hybridized carbons (Fsp3) is 0.333. The van der Waals surface area contributed by atoms with Gasteiger partial charge in [-0.05, 0) is 37.1 Å². The summed E-state index contributed by atoms with van der Waals surface area (Å²) in [5, 5.41) is 22.0. The van der Waals surface area contributed by atoms with Gasteiger partial charge in [0.1, 0.15) is 5.75 Å². The van der Waals surface area contributed by atoms with E-state index in [2.05, 4.69) is 11.4 Å². The second-order valence-electron chi connectivity index (χ2n) is 6.67. The van der Waals surface area contributed by atoms with Crippen LogP contribution < -0.4 is 5.32 Å². The molecule has 1 saturated carbocycles. The number of para-hydroxylation sites is 1. The van der Waals surface area contributed by atoms with Crippen molar-refractivity contribution in [3.63, 3.8) is 0 Å². The average molecular weight is 349 g/mol. The van der Waals surface area contributed by atoms with Gasteiger partial charge >= 0.3 is 6.03 Å². The minimum atomic E-state index is -0.199. The standard InChI is InChI=1S/C21H23N3O2/c22-14-16-7-6-9-18(13-16)23-21(26)24(19-10-2-1-3-11-19)15-17-8-4-5-12-20(17)25/h4-9,12-13,19,25H,1-3,10-11,15H2,(H,23,26). The van der Waals surface area contributed by atoms with Crippen LogP contribution in [0.5, 0.6) is 5.75 Å². The van der Waals surface area contributed by atoms with E-state index in [0.29, 0.717) is 17.8 Å². The van der Waals surface area contributed by atoms with Gasteiger partial charge in [-0.3, -0.25) is 0 Å². The molecule has 0 heterocycles. The Morgan fingerprint density at radius 1 is 1.15 bits per heavy atom. The highest BCUT2D eigenvalue weighted by atomic mass is 16.3. The van der Waals surface area contributed by atoms with Gasteiger partial charge in [-0.25, -0.2) is 4.79 Å². The third-order valence-electron chi connectivity index (χ3n) is 4.85. The monoisotopic (exact) mass is 349 g/mol. The van der Waals surface area contributed by atoms with E-state index < -0.39 is 0 Å². The Morgan fingerprint density at radius 2 is 1.92 bits per heavy atom. The topological polar surface area (TPSA) is 76.4 Å². The fourth-order valence-electron chi connectivity index (χ4n) is 3.45. The van der Waals surface area contributed by atoms with Crippen LogP contribution in [-0.2, 0) is 6.54 Å². The Morgan fingerprint density at radius 3 is 2.65 bits per heavy atom. The van der Waals surface area contributed by atoms with Crippen LogP contribution in [0.15, 0.2) is 48.5 Å². The molecule has 0 bridgehead atoms. The highest BCUT2D eigenvalue weighted by molar-refractivity contribution is 5.89. The third-order valence-corrected chi connectivity index (χ3v) is 4.85. The van der Waals surface area contributed by atoms with Gasteiger partial charge in [0.25, 0.3) is 0 Å². The molecule has 2 aromatic rings. The molecule has 134 valence electrons. The molecule has 0 radical (unpaired) electrons. The smallest absolute Gasteiger partial charge is 0.322 e. The third kappa shape index (κ3) is 4.34. The van der Waals surface area contributed by atoms with Crippen LogP contribution in [0.3, 0.4) is 0 Å². The molecule has 2 N–H and O–H groups in total. The molecule has 0 unspecified atom stereocenters. The van der Waals surface area contributed by atoms with Crippen molar-refractivity contribution in [2.75, 3.05) is 5.32 Å². The number of hydrogen-bond acceptors (Lipinski definition) is 3. The minimum absolute atomic E-state index is 0.155.